The van der Waals surface area contributed by atoms with Crippen molar-refractivity contribution in [3.8, 4) is 5.75 Å². The Hall–Kier alpha value is -2.44. The maximum Gasteiger partial charge on any atom is 0.295 e. The van der Waals surface area contributed by atoms with E-state index in [1.54, 1.807) is 18.2 Å². The van der Waals surface area contributed by atoms with Gasteiger partial charge in [0.1, 0.15) is 5.75 Å². The van der Waals surface area contributed by atoms with Gasteiger partial charge in [-0.2, -0.15) is 0 Å². The third kappa shape index (κ3) is 1.90. The van der Waals surface area contributed by atoms with Gasteiger partial charge in [0.2, 0.25) is 5.82 Å². The fraction of sp³-hybridized carbons (Fsp3) is 0. The Morgan fingerprint density at radius 2 is 2.20 bits per heavy atom. The number of phenols is 1. The fourth-order valence-electron chi connectivity index (χ4n) is 1.02. The molecule has 0 fully saturated rings. The summed E-state index contributed by atoms with van der Waals surface area (Å²) in [6, 6.07) is 6.38. The molecule has 1 heterocycles. The number of rotatable bonds is 2. The quantitative estimate of drug-likeness (QED) is 0.606. The number of carbonyl (C=O) groups is 1. The van der Waals surface area contributed by atoms with E-state index in [0.717, 1.165) is 0 Å². The highest BCUT2D eigenvalue weighted by Crippen LogP contribution is 2.21. The number of aromatic nitrogens is 4. The first-order valence-corrected chi connectivity index (χ1v) is 4.10. The summed E-state index contributed by atoms with van der Waals surface area (Å²) >= 11 is 0. The van der Waals surface area contributed by atoms with Gasteiger partial charge in [0.15, 0.2) is 0 Å². The lowest BCUT2D eigenvalue weighted by atomic mass is 10.3. The van der Waals surface area contributed by atoms with Crippen LogP contribution in [0.15, 0.2) is 24.3 Å². The molecule has 1 amide bonds. The molecule has 0 aliphatic carbocycles. The predicted octanol–water partition coefficient (Wildman–Crippen LogP) is 0.158. The van der Waals surface area contributed by atoms with Gasteiger partial charge in [0, 0.05) is 0 Å². The van der Waals surface area contributed by atoms with E-state index in [0.29, 0.717) is 5.69 Å². The van der Waals surface area contributed by atoms with Crippen molar-refractivity contribution in [2.24, 2.45) is 0 Å². The molecule has 15 heavy (non-hydrogen) atoms. The molecule has 0 spiro atoms. The van der Waals surface area contributed by atoms with E-state index in [2.05, 4.69) is 25.9 Å². The van der Waals surface area contributed by atoms with Crippen LogP contribution >= 0.6 is 0 Å². The van der Waals surface area contributed by atoms with Gasteiger partial charge in [-0.3, -0.25) is 4.79 Å². The lowest BCUT2D eigenvalue weighted by Crippen LogP contribution is -2.13. The molecule has 0 aliphatic heterocycles. The molecule has 0 bridgehead atoms. The molecule has 76 valence electrons. The third-order valence-corrected chi connectivity index (χ3v) is 1.71. The zero-order valence-corrected chi connectivity index (χ0v) is 7.51. The van der Waals surface area contributed by atoms with Crippen LogP contribution in [0.4, 0.5) is 5.69 Å². The van der Waals surface area contributed by atoms with Crippen LogP contribution in [0, 0.1) is 0 Å². The van der Waals surface area contributed by atoms with Gasteiger partial charge in [-0.05, 0) is 22.6 Å². The first kappa shape index (κ1) is 9.13. The van der Waals surface area contributed by atoms with Crippen molar-refractivity contribution in [2.75, 3.05) is 5.32 Å². The van der Waals surface area contributed by atoms with E-state index in [9.17, 15) is 9.90 Å². The minimum Gasteiger partial charge on any atom is -0.506 e. The molecule has 0 unspecified atom stereocenters. The second-order valence-corrected chi connectivity index (χ2v) is 2.72. The van der Waals surface area contributed by atoms with Gasteiger partial charge in [-0.15, -0.1) is 5.10 Å². The standard InChI is InChI=1S/C8H7N5O2/c14-6-4-2-1-3-5(6)9-8(15)7-10-12-13-11-7/h1-4,14H,(H,9,15)(H,10,11,12,13). The van der Waals surface area contributed by atoms with Crippen molar-refractivity contribution in [3.05, 3.63) is 30.1 Å². The molecule has 7 heteroatoms. The van der Waals surface area contributed by atoms with Gasteiger partial charge < -0.3 is 10.4 Å². The second-order valence-electron chi connectivity index (χ2n) is 2.72. The molecule has 0 saturated carbocycles. The molecule has 0 radical (unpaired) electrons. The summed E-state index contributed by atoms with van der Waals surface area (Å²) in [5, 5.41) is 24.1. The Bertz CT molecular complexity index is 468. The first-order valence-electron chi connectivity index (χ1n) is 4.10. The largest absolute Gasteiger partial charge is 0.506 e. The maximum atomic E-state index is 11.4. The Morgan fingerprint density at radius 3 is 2.87 bits per heavy atom. The molecule has 0 saturated heterocycles. The normalized spacial score (nSPS) is 9.87. The number of amides is 1. The van der Waals surface area contributed by atoms with Crippen molar-refractivity contribution < 1.29 is 9.90 Å². The summed E-state index contributed by atoms with van der Waals surface area (Å²) in [4.78, 5) is 11.4. The summed E-state index contributed by atoms with van der Waals surface area (Å²) in [7, 11) is 0. The molecule has 3 N–H and O–H groups in total. The number of hydrogen-bond acceptors (Lipinski definition) is 5. The highest BCUT2D eigenvalue weighted by atomic mass is 16.3. The number of anilines is 1. The lowest BCUT2D eigenvalue weighted by Gasteiger charge is -2.03. The summed E-state index contributed by atoms with van der Waals surface area (Å²) in [6.45, 7) is 0. The summed E-state index contributed by atoms with van der Waals surface area (Å²) in [5.41, 5.74) is 0.305. The first-order chi connectivity index (χ1) is 7.27. The van der Waals surface area contributed by atoms with Gasteiger partial charge in [-0.25, -0.2) is 5.10 Å². The molecule has 0 atom stereocenters. The minimum atomic E-state index is -0.512. The van der Waals surface area contributed by atoms with Gasteiger partial charge in [-0.1, -0.05) is 12.1 Å². The van der Waals surface area contributed by atoms with Crippen LogP contribution < -0.4 is 5.32 Å². The third-order valence-electron chi connectivity index (χ3n) is 1.71. The number of nitrogens with one attached hydrogen (secondary N) is 2. The van der Waals surface area contributed by atoms with Crippen LogP contribution in [0.5, 0.6) is 5.75 Å². The Labute approximate surface area is 84.1 Å². The van der Waals surface area contributed by atoms with Gasteiger partial charge in [0.05, 0.1) is 5.69 Å². The van der Waals surface area contributed by atoms with E-state index >= 15 is 0 Å². The number of tetrazole rings is 1. The second kappa shape index (κ2) is 3.74. The Morgan fingerprint density at radius 1 is 1.40 bits per heavy atom. The SMILES string of the molecule is O=C(Nc1ccccc1O)c1nnn[nH]1. The molecule has 2 rings (SSSR count). The van der Waals surface area contributed by atoms with Crippen LogP contribution in [0.2, 0.25) is 0 Å². The number of benzene rings is 1. The monoisotopic (exact) mass is 205 g/mol. The minimum absolute atomic E-state index is 0.0154. The van der Waals surface area contributed by atoms with E-state index in [1.807, 2.05) is 0 Å². The molecular weight excluding hydrogens is 198 g/mol. The molecule has 1 aromatic carbocycles. The van der Waals surface area contributed by atoms with E-state index < -0.39 is 5.91 Å². The fourth-order valence-corrected chi connectivity index (χ4v) is 1.02. The average Bonchev–Trinajstić information content (AvgIpc) is 2.74. The van der Waals surface area contributed by atoms with Crippen LogP contribution in [-0.2, 0) is 0 Å². The van der Waals surface area contributed by atoms with E-state index in [-0.39, 0.29) is 11.6 Å². The maximum absolute atomic E-state index is 11.4. The molecule has 2 aromatic rings. The van der Waals surface area contributed by atoms with Crippen LogP contribution in [0.1, 0.15) is 10.6 Å². The number of phenolic OH excluding ortho intramolecular Hbond substituents is 1. The zero-order chi connectivity index (χ0) is 10.7. The van der Waals surface area contributed by atoms with Crippen LogP contribution in [0.3, 0.4) is 0 Å². The zero-order valence-electron chi connectivity index (χ0n) is 7.51. The van der Waals surface area contributed by atoms with Crippen molar-refractivity contribution in [3.63, 3.8) is 0 Å². The summed E-state index contributed by atoms with van der Waals surface area (Å²) < 4.78 is 0. The lowest BCUT2D eigenvalue weighted by molar-refractivity contribution is 0.101. The summed E-state index contributed by atoms with van der Waals surface area (Å²) in [5.74, 6) is -0.543. The molecule has 0 aliphatic rings. The molecule has 1 aromatic heterocycles. The number of H-pyrrole nitrogens is 1. The smallest absolute Gasteiger partial charge is 0.295 e. The topological polar surface area (TPSA) is 104 Å². The number of aromatic amines is 1. The van der Waals surface area contributed by atoms with Crippen molar-refractivity contribution >= 4 is 11.6 Å². The van der Waals surface area contributed by atoms with Crippen LogP contribution in [-0.4, -0.2) is 31.6 Å². The van der Waals surface area contributed by atoms with Gasteiger partial charge >= 0.3 is 0 Å². The highest BCUT2D eigenvalue weighted by molar-refractivity contribution is 6.02. The highest BCUT2D eigenvalue weighted by Gasteiger charge is 2.11. The Kier molecular flexibility index (Phi) is 2.28. The van der Waals surface area contributed by atoms with Crippen LogP contribution in [0.25, 0.3) is 0 Å². The molecular formula is C8H7N5O2. The Balaban J connectivity index is 2.17. The van der Waals surface area contributed by atoms with Gasteiger partial charge in [0.25, 0.3) is 5.91 Å². The number of aromatic hydroxyl groups is 1. The number of para-hydroxylation sites is 2. The predicted molar refractivity (Wildman–Crippen MR) is 50.2 cm³/mol. The summed E-state index contributed by atoms with van der Waals surface area (Å²) in [6.07, 6.45) is 0. The van der Waals surface area contributed by atoms with Crippen molar-refractivity contribution in [1.29, 1.82) is 0 Å². The number of hydrogen-bond donors (Lipinski definition) is 3. The van der Waals surface area contributed by atoms with E-state index in [4.69, 9.17) is 0 Å². The molecule has 7 nitrogen and oxygen atoms in total. The number of carbonyl (C=O) groups excluding carboxylic acids is 1. The number of nitrogens with zero attached hydrogens (tertiary/aromatic N) is 3. The average molecular weight is 205 g/mol. The van der Waals surface area contributed by atoms with Crippen molar-refractivity contribution in [1.82, 2.24) is 20.6 Å². The van der Waals surface area contributed by atoms with Crippen molar-refractivity contribution in [2.45, 2.75) is 0 Å². The van der Waals surface area contributed by atoms with E-state index in [1.165, 1.54) is 6.07 Å².